The minimum Gasteiger partial charge on any atom is -0.357 e. The summed E-state index contributed by atoms with van der Waals surface area (Å²) >= 11 is 1.73. The van der Waals surface area contributed by atoms with Crippen molar-refractivity contribution in [3.05, 3.63) is 64.4 Å². The molecule has 0 spiro atoms. The van der Waals surface area contributed by atoms with Crippen molar-refractivity contribution in [2.75, 3.05) is 13.6 Å². The largest absolute Gasteiger partial charge is 0.357 e. The lowest BCUT2D eigenvalue weighted by Crippen LogP contribution is -2.38. The molecule has 1 N–H and O–H groups in total. The van der Waals surface area contributed by atoms with Gasteiger partial charge in [-0.2, -0.15) is 5.10 Å². The third-order valence-electron chi connectivity index (χ3n) is 4.09. The fourth-order valence-corrected chi connectivity index (χ4v) is 3.50. The summed E-state index contributed by atoms with van der Waals surface area (Å²) in [5, 5.41) is 8.88. The molecule has 3 rings (SSSR count). The van der Waals surface area contributed by atoms with Crippen LogP contribution in [0.5, 0.6) is 0 Å². The number of rotatable bonds is 7. The van der Waals surface area contributed by atoms with E-state index in [1.807, 2.05) is 54.5 Å². The maximum atomic E-state index is 4.74. The van der Waals surface area contributed by atoms with Gasteiger partial charge in [-0.1, -0.05) is 25.1 Å². The topological polar surface area (TPSA) is 58.3 Å². The Morgan fingerprint density at radius 2 is 2.00 bits per heavy atom. The third kappa shape index (κ3) is 6.03. The van der Waals surface area contributed by atoms with Crippen molar-refractivity contribution < 1.29 is 0 Å². The lowest BCUT2D eigenvalue weighted by atomic mass is 10.3. The van der Waals surface area contributed by atoms with E-state index in [0.29, 0.717) is 6.54 Å². The Morgan fingerprint density at radius 3 is 2.68 bits per heavy atom. The summed E-state index contributed by atoms with van der Waals surface area (Å²) in [5.41, 5.74) is 2.19. The fraction of sp³-hybridized carbons (Fsp3) is 0.350. The second kappa shape index (κ2) is 11.2. The Hall–Kier alpha value is -1.94. The highest BCUT2D eigenvalue weighted by molar-refractivity contribution is 14.0. The zero-order valence-electron chi connectivity index (χ0n) is 16.5. The molecule has 0 atom stereocenters. The van der Waals surface area contributed by atoms with Crippen molar-refractivity contribution in [1.29, 1.82) is 0 Å². The molecule has 0 fully saturated rings. The Kier molecular flexibility index (Phi) is 8.91. The smallest absolute Gasteiger partial charge is 0.194 e. The molecule has 3 aromatic rings. The van der Waals surface area contributed by atoms with Crippen LogP contribution in [0.15, 0.2) is 53.9 Å². The van der Waals surface area contributed by atoms with Gasteiger partial charge in [0, 0.05) is 43.0 Å². The van der Waals surface area contributed by atoms with Crippen LogP contribution in [0.1, 0.15) is 29.3 Å². The molecule has 1 aromatic carbocycles. The number of halogens is 1. The molecule has 0 unspecified atom stereocenters. The number of benzene rings is 1. The molecule has 0 radical (unpaired) electrons. The van der Waals surface area contributed by atoms with Crippen molar-refractivity contribution in [1.82, 2.24) is 25.0 Å². The van der Waals surface area contributed by atoms with Gasteiger partial charge in [0.15, 0.2) is 5.96 Å². The first-order chi connectivity index (χ1) is 13.2. The lowest BCUT2D eigenvalue weighted by Gasteiger charge is -2.21. The first-order valence-electron chi connectivity index (χ1n) is 9.21. The van der Waals surface area contributed by atoms with Crippen LogP contribution in [0.25, 0.3) is 5.69 Å². The molecule has 6 nitrogen and oxygen atoms in total. The van der Waals surface area contributed by atoms with E-state index < -0.39 is 0 Å². The molecule has 150 valence electrons. The summed E-state index contributed by atoms with van der Waals surface area (Å²) in [6, 6.07) is 10.1. The van der Waals surface area contributed by atoms with Crippen molar-refractivity contribution >= 4 is 41.3 Å². The van der Waals surface area contributed by atoms with Crippen LogP contribution in [0, 0.1) is 0 Å². The van der Waals surface area contributed by atoms with E-state index in [4.69, 9.17) is 4.99 Å². The molecule has 2 aromatic heterocycles. The van der Waals surface area contributed by atoms with Crippen molar-refractivity contribution in [3.63, 3.8) is 0 Å². The van der Waals surface area contributed by atoms with E-state index in [2.05, 4.69) is 40.3 Å². The van der Waals surface area contributed by atoms with Crippen LogP contribution in [-0.4, -0.2) is 39.2 Å². The molecule has 8 heteroatoms. The van der Waals surface area contributed by atoms with Gasteiger partial charge < -0.3 is 10.2 Å². The average molecular weight is 510 g/mol. The summed E-state index contributed by atoms with van der Waals surface area (Å²) in [7, 11) is 2.04. The second-order valence-corrected chi connectivity index (χ2v) is 7.43. The number of nitrogens with zero attached hydrogens (tertiary/aromatic N) is 5. The van der Waals surface area contributed by atoms with Gasteiger partial charge in [0.2, 0.25) is 0 Å². The van der Waals surface area contributed by atoms with Crippen LogP contribution >= 0.6 is 35.3 Å². The van der Waals surface area contributed by atoms with E-state index in [9.17, 15) is 0 Å². The maximum absolute atomic E-state index is 4.74. The van der Waals surface area contributed by atoms with Gasteiger partial charge in [-0.25, -0.2) is 14.7 Å². The molecular weight excluding hydrogens is 483 g/mol. The van der Waals surface area contributed by atoms with Gasteiger partial charge in [-0.3, -0.25) is 0 Å². The third-order valence-corrected chi connectivity index (χ3v) is 5.21. The Balaban J connectivity index is 0.00000280. The molecule has 0 aliphatic heterocycles. The van der Waals surface area contributed by atoms with Crippen LogP contribution in [0.2, 0.25) is 0 Å². The monoisotopic (exact) mass is 510 g/mol. The minimum atomic E-state index is 0. The summed E-state index contributed by atoms with van der Waals surface area (Å²) in [6.45, 7) is 6.38. The molecule has 0 aliphatic carbocycles. The highest BCUT2D eigenvalue weighted by atomic mass is 127. The quantitative estimate of drug-likeness (QED) is 0.296. The highest BCUT2D eigenvalue weighted by Gasteiger charge is 2.09. The number of aryl methyl sites for hydroxylation is 1. The number of para-hydroxylation sites is 1. The summed E-state index contributed by atoms with van der Waals surface area (Å²) in [4.78, 5) is 12.6. The predicted octanol–water partition coefficient (Wildman–Crippen LogP) is 4.11. The Morgan fingerprint density at radius 1 is 1.21 bits per heavy atom. The van der Waals surface area contributed by atoms with Gasteiger partial charge in [0.25, 0.3) is 0 Å². The zero-order chi connectivity index (χ0) is 19.1. The Labute approximate surface area is 187 Å². The molecule has 0 saturated heterocycles. The van der Waals surface area contributed by atoms with Gasteiger partial charge in [0.1, 0.15) is 5.01 Å². The highest BCUT2D eigenvalue weighted by Crippen LogP contribution is 2.14. The first kappa shape index (κ1) is 22.4. The van der Waals surface area contributed by atoms with Gasteiger partial charge in [-0.05, 0) is 25.5 Å². The van der Waals surface area contributed by atoms with Crippen LogP contribution in [-0.2, 0) is 19.5 Å². The number of aliphatic imine (C=N–C) groups is 1. The van der Waals surface area contributed by atoms with Crippen molar-refractivity contribution in [3.8, 4) is 5.69 Å². The molecule has 2 heterocycles. The average Bonchev–Trinajstić information content (AvgIpc) is 3.35. The second-order valence-electron chi connectivity index (χ2n) is 6.23. The van der Waals surface area contributed by atoms with E-state index in [-0.39, 0.29) is 24.0 Å². The van der Waals surface area contributed by atoms with Crippen LogP contribution < -0.4 is 5.32 Å². The standard InChI is InChI=1S/C20H26N6S.HI/c1-4-18-12-22-19(27-18)13-23-20(21-5-2)25(3)14-16-11-24-26(15-16)17-9-7-6-8-10-17;/h6-12,15H,4-5,13-14H2,1-3H3,(H,21,23);1H. The number of nitrogens with one attached hydrogen (secondary N) is 1. The predicted molar refractivity (Wildman–Crippen MR) is 127 cm³/mol. The SMILES string of the molecule is CCNC(=NCc1ncc(CC)s1)N(C)Cc1cnn(-c2ccccc2)c1.I. The molecule has 0 aliphatic rings. The fourth-order valence-electron chi connectivity index (χ4n) is 2.71. The zero-order valence-corrected chi connectivity index (χ0v) is 19.6. The summed E-state index contributed by atoms with van der Waals surface area (Å²) in [5.74, 6) is 0.873. The van der Waals surface area contributed by atoms with E-state index >= 15 is 0 Å². The van der Waals surface area contributed by atoms with E-state index in [1.54, 1.807) is 11.3 Å². The molecule has 0 saturated carbocycles. The number of guanidine groups is 1. The van der Waals surface area contributed by atoms with E-state index in [0.717, 1.165) is 41.7 Å². The maximum Gasteiger partial charge on any atom is 0.194 e. The van der Waals surface area contributed by atoms with Crippen LogP contribution in [0.4, 0.5) is 0 Å². The van der Waals surface area contributed by atoms with Gasteiger partial charge in [-0.15, -0.1) is 35.3 Å². The number of thiazole rings is 1. The van der Waals surface area contributed by atoms with Crippen molar-refractivity contribution in [2.45, 2.75) is 33.4 Å². The number of hydrogen-bond donors (Lipinski definition) is 1. The molecular formula is C20H27IN6S. The molecule has 0 amide bonds. The van der Waals surface area contributed by atoms with Crippen LogP contribution in [0.3, 0.4) is 0 Å². The Bertz CT molecular complexity index is 874. The van der Waals surface area contributed by atoms with Gasteiger partial charge in [0.05, 0.1) is 18.4 Å². The first-order valence-corrected chi connectivity index (χ1v) is 10.0. The molecule has 28 heavy (non-hydrogen) atoms. The van der Waals surface area contributed by atoms with Crippen molar-refractivity contribution in [2.24, 2.45) is 4.99 Å². The normalized spacial score (nSPS) is 11.2. The lowest BCUT2D eigenvalue weighted by molar-refractivity contribution is 0.476. The minimum absolute atomic E-state index is 0. The summed E-state index contributed by atoms with van der Waals surface area (Å²) < 4.78 is 1.90. The van der Waals surface area contributed by atoms with Gasteiger partial charge >= 0.3 is 0 Å². The number of aromatic nitrogens is 3. The summed E-state index contributed by atoms with van der Waals surface area (Å²) in [6.07, 6.45) is 6.93. The number of hydrogen-bond acceptors (Lipinski definition) is 4. The molecule has 0 bridgehead atoms. The van der Waals surface area contributed by atoms with E-state index in [1.165, 1.54) is 4.88 Å².